The van der Waals surface area contributed by atoms with E-state index in [9.17, 15) is 9.59 Å². The Morgan fingerprint density at radius 2 is 2.00 bits per heavy atom. The number of benzene rings is 1. The van der Waals surface area contributed by atoms with Crippen molar-refractivity contribution in [3.05, 3.63) is 23.8 Å². The maximum atomic E-state index is 12.0. The second kappa shape index (κ2) is 7.75. The maximum absolute atomic E-state index is 12.0. The second-order valence-electron chi connectivity index (χ2n) is 6.47. The first-order valence-corrected chi connectivity index (χ1v) is 9.36. The number of fused-ring (bicyclic) bond motifs is 1. The summed E-state index contributed by atoms with van der Waals surface area (Å²) in [6.45, 7) is 2.00. The van der Waals surface area contributed by atoms with Crippen molar-refractivity contribution < 1.29 is 9.59 Å². The summed E-state index contributed by atoms with van der Waals surface area (Å²) in [5, 5.41) is 6.07. The number of rotatable bonds is 5. The first-order valence-electron chi connectivity index (χ1n) is 8.54. The van der Waals surface area contributed by atoms with E-state index in [0.29, 0.717) is 17.5 Å². The molecule has 128 valence electrons. The molecule has 3 rings (SSSR count). The molecule has 2 N–H and O–H groups in total. The third kappa shape index (κ3) is 4.32. The van der Waals surface area contributed by atoms with E-state index in [2.05, 4.69) is 15.6 Å². The molecule has 5 nitrogen and oxygen atoms in total. The summed E-state index contributed by atoms with van der Waals surface area (Å²) in [5.41, 5.74) is 2.00. The molecule has 24 heavy (non-hydrogen) atoms. The van der Waals surface area contributed by atoms with Gasteiger partial charge in [-0.1, -0.05) is 42.7 Å². The summed E-state index contributed by atoms with van der Waals surface area (Å²) in [6.07, 6.45) is 6.51. The molecule has 1 heterocycles. The molecule has 1 fully saturated rings. The fraction of sp³-hybridized carbons (Fsp3) is 0.500. The van der Waals surface area contributed by atoms with E-state index in [4.69, 9.17) is 0 Å². The fourth-order valence-corrected chi connectivity index (χ4v) is 4.17. The maximum Gasteiger partial charge on any atom is 0.245 e. The highest BCUT2D eigenvalue weighted by Crippen LogP contribution is 2.28. The number of thiazole rings is 1. The molecular weight excluding hydrogens is 322 g/mol. The van der Waals surface area contributed by atoms with Gasteiger partial charge in [0.2, 0.25) is 11.8 Å². The number of hydrogen-bond donors (Lipinski definition) is 2. The van der Waals surface area contributed by atoms with Crippen molar-refractivity contribution in [3.63, 3.8) is 0 Å². The van der Waals surface area contributed by atoms with Crippen molar-refractivity contribution in [1.29, 1.82) is 0 Å². The molecule has 1 aromatic heterocycles. The van der Waals surface area contributed by atoms with Crippen molar-refractivity contribution >= 4 is 38.5 Å². The van der Waals surface area contributed by atoms with Crippen LogP contribution in [0.3, 0.4) is 0 Å². The van der Waals surface area contributed by atoms with Crippen LogP contribution in [0.15, 0.2) is 18.2 Å². The minimum atomic E-state index is -0.233. The van der Waals surface area contributed by atoms with Gasteiger partial charge in [-0.2, -0.15) is 0 Å². The molecule has 0 radical (unpaired) electrons. The first-order chi connectivity index (χ1) is 11.6. The van der Waals surface area contributed by atoms with Gasteiger partial charge in [0.05, 0.1) is 16.8 Å². The van der Waals surface area contributed by atoms with Crippen LogP contribution in [0.5, 0.6) is 0 Å². The van der Waals surface area contributed by atoms with Crippen LogP contribution in [-0.2, 0) is 9.59 Å². The van der Waals surface area contributed by atoms with Gasteiger partial charge in [0.25, 0.3) is 0 Å². The minimum absolute atomic E-state index is 0.000457. The Morgan fingerprint density at radius 3 is 2.75 bits per heavy atom. The molecule has 1 aliphatic carbocycles. The van der Waals surface area contributed by atoms with Crippen LogP contribution in [0.4, 0.5) is 5.13 Å². The van der Waals surface area contributed by atoms with E-state index in [-0.39, 0.29) is 18.4 Å². The molecule has 2 aromatic rings. The summed E-state index contributed by atoms with van der Waals surface area (Å²) >= 11 is 1.45. The predicted octanol–water partition coefficient (Wildman–Crippen LogP) is 3.63. The van der Waals surface area contributed by atoms with Crippen molar-refractivity contribution in [1.82, 2.24) is 10.3 Å². The lowest BCUT2D eigenvalue weighted by atomic mass is 9.87. The number of carbonyl (C=O) groups is 2. The van der Waals surface area contributed by atoms with Crippen LogP contribution in [-0.4, -0.2) is 23.3 Å². The molecule has 1 aromatic carbocycles. The van der Waals surface area contributed by atoms with Crippen molar-refractivity contribution in [2.45, 2.75) is 45.4 Å². The number of carbonyl (C=O) groups excluding carboxylic acids is 2. The zero-order valence-corrected chi connectivity index (χ0v) is 14.7. The number of anilines is 1. The zero-order chi connectivity index (χ0) is 16.9. The summed E-state index contributed by atoms with van der Waals surface area (Å²) in [7, 11) is 0. The highest BCUT2D eigenvalue weighted by Gasteiger charge is 2.17. The smallest absolute Gasteiger partial charge is 0.245 e. The molecule has 0 spiro atoms. The van der Waals surface area contributed by atoms with Crippen LogP contribution in [0.1, 0.15) is 44.1 Å². The van der Waals surface area contributed by atoms with Gasteiger partial charge >= 0.3 is 0 Å². The van der Waals surface area contributed by atoms with Gasteiger partial charge < -0.3 is 10.6 Å². The Balaban J connectivity index is 1.47. The van der Waals surface area contributed by atoms with Crippen LogP contribution in [0.25, 0.3) is 10.2 Å². The van der Waals surface area contributed by atoms with E-state index < -0.39 is 0 Å². The largest absolute Gasteiger partial charge is 0.347 e. The number of amides is 2. The molecule has 0 aliphatic heterocycles. The van der Waals surface area contributed by atoms with Crippen molar-refractivity contribution in [2.75, 3.05) is 11.9 Å². The topological polar surface area (TPSA) is 71.1 Å². The molecular formula is C18H23N3O2S. The van der Waals surface area contributed by atoms with E-state index in [1.54, 1.807) is 0 Å². The van der Waals surface area contributed by atoms with Crippen LogP contribution in [0.2, 0.25) is 0 Å². The third-order valence-corrected chi connectivity index (χ3v) is 5.45. The Morgan fingerprint density at radius 1 is 1.21 bits per heavy atom. The Labute approximate surface area is 145 Å². The van der Waals surface area contributed by atoms with Gasteiger partial charge in [0.15, 0.2) is 5.13 Å². The van der Waals surface area contributed by atoms with Gasteiger partial charge in [0, 0.05) is 6.42 Å². The second-order valence-corrected chi connectivity index (χ2v) is 7.50. The summed E-state index contributed by atoms with van der Waals surface area (Å²) in [4.78, 5) is 28.4. The lowest BCUT2D eigenvalue weighted by Gasteiger charge is -2.20. The van der Waals surface area contributed by atoms with E-state index in [1.165, 1.54) is 30.6 Å². The molecule has 6 heteroatoms. The van der Waals surface area contributed by atoms with Gasteiger partial charge in [-0.3, -0.25) is 9.59 Å². The van der Waals surface area contributed by atoms with Gasteiger partial charge in [-0.15, -0.1) is 0 Å². The van der Waals surface area contributed by atoms with Crippen molar-refractivity contribution in [3.8, 4) is 0 Å². The number of para-hydroxylation sites is 1. The Kier molecular flexibility index (Phi) is 5.45. The molecule has 1 saturated carbocycles. The normalized spacial score (nSPS) is 15.4. The molecule has 0 atom stereocenters. The lowest BCUT2D eigenvalue weighted by Crippen LogP contribution is -2.34. The number of nitrogens with one attached hydrogen (secondary N) is 2. The van der Waals surface area contributed by atoms with Crippen LogP contribution in [0, 0.1) is 12.8 Å². The lowest BCUT2D eigenvalue weighted by molar-refractivity contribution is -0.125. The predicted molar refractivity (Wildman–Crippen MR) is 97.2 cm³/mol. The molecule has 0 unspecified atom stereocenters. The SMILES string of the molecule is Cc1cccc2sc(NC(=O)CNC(=O)CC3CCCCC3)nc12. The van der Waals surface area contributed by atoms with Gasteiger partial charge in [0.1, 0.15) is 0 Å². The first kappa shape index (κ1) is 16.9. The summed E-state index contributed by atoms with van der Waals surface area (Å²) in [5.74, 6) is 0.218. The monoisotopic (exact) mass is 345 g/mol. The van der Waals surface area contributed by atoms with Crippen LogP contribution < -0.4 is 10.6 Å². The highest BCUT2D eigenvalue weighted by atomic mass is 32.1. The van der Waals surface area contributed by atoms with E-state index in [0.717, 1.165) is 28.6 Å². The average molecular weight is 345 g/mol. The molecule has 0 saturated heterocycles. The average Bonchev–Trinajstić information content (AvgIpc) is 2.98. The number of aromatic nitrogens is 1. The van der Waals surface area contributed by atoms with Gasteiger partial charge in [-0.25, -0.2) is 4.98 Å². The Bertz CT molecular complexity index is 735. The quantitative estimate of drug-likeness (QED) is 0.869. The Hall–Kier alpha value is -1.95. The summed E-state index contributed by atoms with van der Waals surface area (Å²) < 4.78 is 1.05. The fourth-order valence-electron chi connectivity index (χ4n) is 3.21. The molecule has 0 bridgehead atoms. The minimum Gasteiger partial charge on any atom is -0.347 e. The van der Waals surface area contributed by atoms with Gasteiger partial charge in [-0.05, 0) is 37.3 Å². The number of nitrogens with zero attached hydrogens (tertiary/aromatic N) is 1. The zero-order valence-electron chi connectivity index (χ0n) is 13.9. The summed E-state index contributed by atoms with van der Waals surface area (Å²) in [6, 6.07) is 5.97. The highest BCUT2D eigenvalue weighted by molar-refractivity contribution is 7.22. The van der Waals surface area contributed by atoms with Crippen molar-refractivity contribution in [2.24, 2.45) is 5.92 Å². The molecule has 2 amide bonds. The number of hydrogen-bond acceptors (Lipinski definition) is 4. The van der Waals surface area contributed by atoms with E-state index in [1.807, 2.05) is 25.1 Å². The third-order valence-electron chi connectivity index (χ3n) is 4.51. The standard InChI is InChI=1S/C18H23N3O2S/c1-12-6-5-9-14-17(12)21-18(24-14)20-16(23)11-19-15(22)10-13-7-3-2-4-8-13/h5-6,9,13H,2-4,7-8,10-11H2,1H3,(H,19,22)(H,20,21,23). The number of aryl methyl sites for hydroxylation is 1. The van der Waals surface area contributed by atoms with Crippen LogP contribution >= 0.6 is 11.3 Å². The van der Waals surface area contributed by atoms with E-state index >= 15 is 0 Å². The molecule has 1 aliphatic rings.